The van der Waals surface area contributed by atoms with Crippen molar-refractivity contribution in [3.05, 3.63) is 30.2 Å². The SMILES string of the molecule is O=C(NC1(C(=O)O)CCSCC1)c1cnn2cccnc12. The molecule has 0 saturated carbocycles. The van der Waals surface area contributed by atoms with Crippen molar-refractivity contribution >= 4 is 29.3 Å². The van der Waals surface area contributed by atoms with Gasteiger partial charge >= 0.3 is 5.97 Å². The zero-order chi connectivity index (χ0) is 14.9. The molecule has 0 bridgehead atoms. The Morgan fingerprint density at radius 1 is 1.38 bits per heavy atom. The lowest BCUT2D eigenvalue weighted by Crippen LogP contribution is -2.56. The van der Waals surface area contributed by atoms with Crippen molar-refractivity contribution in [1.82, 2.24) is 19.9 Å². The summed E-state index contributed by atoms with van der Waals surface area (Å²) in [6.07, 6.45) is 5.50. The highest BCUT2D eigenvalue weighted by Gasteiger charge is 2.41. The molecule has 1 amide bonds. The average Bonchev–Trinajstić information content (AvgIpc) is 2.92. The summed E-state index contributed by atoms with van der Waals surface area (Å²) in [6, 6.07) is 1.71. The molecule has 0 atom stereocenters. The number of rotatable bonds is 3. The molecule has 1 aliphatic heterocycles. The molecule has 1 fully saturated rings. The molecule has 3 heterocycles. The quantitative estimate of drug-likeness (QED) is 0.871. The Kier molecular flexibility index (Phi) is 3.54. The van der Waals surface area contributed by atoms with Crippen LogP contribution in [0, 0.1) is 0 Å². The number of amides is 1. The van der Waals surface area contributed by atoms with Crippen LogP contribution in [0.1, 0.15) is 23.2 Å². The van der Waals surface area contributed by atoms with Crippen molar-refractivity contribution in [3.8, 4) is 0 Å². The molecule has 0 spiro atoms. The van der Waals surface area contributed by atoms with Gasteiger partial charge in [0.25, 0.3) is 5.91 Å². The molecule has 21 heavy (non-hydrogen) atoms. The van der Waals surface area contributed by atoms with E-state index in [0.717, 1.165) is 11.5 Å². The van der Waals surface area contributed by atoms with E-state index < -0.39 is 17.4 Å². The molecule has 2 aromatic rings. The second kappa shape index (κ2) is 5.36. The number of nitrogens with one attached hydrogen (secondary N) is 1. The van der Waals surface area contributed by atoms with E-state index in [2.05, 4.69) is 15.4 Å². The molecular weight excluding hydrogens is 292 g/mol. The number of fused-ring (bicyclic) bond motifs is 1. The number of thioether (sulfide) groups is 1. The van der Waals surface area contributed by atoms with Gasteiger partial charge in [0.1, 0.15) is 11.1 Å². The maximum atomic E-state index is 12.4. The topological polar surface area (TPSA) is 96.6 Å². The van der Waals surface area contributed by atoms with Crippen LogP contribution in [-0.4, -0.2) is 48.6 Å². The van der Waals surface area contributed by atoms with Crippen LogP contribution in [0.3, 0.4) is 0 Å². The Balaban J connectivity index is 1.89. The number of nitrogens with zero attached hydrogens (tertiary/aromatic N) is 3. The van der Waals surface area contributed by atoms with Crippen molar-refractivity contribution in [3.63, 3.8) is 0 Å². The van der Waals surface area contributed by atoms with Gasteiger partial charge in [0.2, 0.25) is 0 Å². The van der Waals surface area contributed by atoms with E-state index >= 15 is 0 Å². The van der Waals surface area contributed by atoms with E-state index in [4.69, 9.17) is 0 Å². The van der Waals surface area contributed by atoms with Gasteiger partial charge in [-0.15, -0.1) is 0 Å². The van der Waals surface area contributed by atoms with E-state index in [-0.39, 0.29) is 5.56 Å². The van der Waals surface area contributed by atoms with E-state index in [1.165, 1.54) is 10.7 Å². The summed E-state index contributed by atoms with van der Waals surface area (Å²) in [5, 5.41) is 16.2. The predicted molar refractivity (Wildman–Crippen MR) is 77.4 cm³/mol. The lowest BCUT2D eigenvalue weighted by Gasteiger charge is -2.33. The fourth-order valence-electron chi connectivity index (χ4n) is 2.38. The Bertz CT molecular complexity index is 694. The van der Waals surface area contributed by atoms with Gasteiger partial charge in [-0.2, -0.15) is 16.9 Å². The summed E-state index contributed by atoms with van der Waals surface area (Å²) in [7, 11) is 0. The molecule has 0 aliphatic carbocycles. The first-order chi connectivity index (χ1) is 10.1. The van der Waals surface area contributed by atoms with Crippen LogP contribution < -0.4 is 5.32 Å². The van der Waals surface area contributed by atoms with Crippen molar-refractivity contribution < 1.29 is 14.7 Å². The monoisotopic (exact) mass is 306 g/mol. The number of carboxylic acid groups (broad SMARTS) is 1. The molecule has 0 aromatic carbocycles. The first kappa shape index (κ1) is 13.9. The van der Waals surface area contributed by atoms with Crippen LogP contribution in [0.15, 0.2) is 24.7 Å². The summed E-state index contributed by atoms with van der Waals surface area (Å²) in [6.45, 7) is 0. The highest BCUT2D eigenvalue weighted by molar-refractivity contribution is 7.99. The van der Waals surface area contributed by atoms with Gasteiger partial charge in [0, 0.05) is 12.4 Å². The van der Waals surface area contributed by atoms with Crippen molar-refractivity contribution in [2.45, 2.75) is 18.4 Å². The Morgan fingerprint density at radius 3 is 2.86 bits per heavy atom. The summed E-state index contributed by atoms with van der Waals surface area (Å²) in [5.74, 6) is 0.0118. The van der Waals surface area contributed by atoms with Gasteiger partial charge in [-0.25, -0.2) is 14.3 Å². The number of carbonyl (C=O) groups is 2. The molecule has 7 nitrogen and oxygen atoms in total. The third kappa shape index (κ3) is 2.46. The summed E-state index contributed by atoms with van der Waals surface area (Å²) >= 11 is 1.70. The van der Waals surface area contributed by atoms with Gasteiger partial charge in [-0.3, -0.25) is 4.79 Å². The van der Waals surface area contributed by atoms with Crippen molar-refractivity contribution in [2.24, 2.45) is 0 Å². The highest BCUT2D eigenvalue weighted by Crippen LogP contribution is 2.28. The fraction of sp³-hybridized carbons (Fsp3) is 0.385. The maximum Gasteiger partial charge on any atom is 0.329 e. The zero-order valence-corrected chi connectivity index (χ0v) is 12.0. The number of hydrogen-bond donors (Lipinski definition) is 2. The number of hydrogen-bond acceptors (Lipinski definition) is 5. The van der Waals surface area contributed by atoms with E-state index in [1.54, 1.807) is 30.2 Å². The lowest BCUT2D eigenvalue weighted by atomic mass is 9.92. The summed E-state index contributed by atoms with van der Waals surface area (Å²) < 4.78 is 1.49. The Hall–Kier alpha value is -2.09. The standard InChI is InChI=1S/C13H14N4O3S/c18-11(9-8-15-17-5-1-4-14-10(9)17)16-13(12(19)20)2-6-21-7-3-13/h1,4-5,8H,2-3,6-7H2,(H,16,18)(H,19,20). The maximum absolute atomic E-state index is 12.4. The van der Waals surface area contributed by atoms with Crippen LogP contribution in [-0.2, 0) is 4.79 Å². The number of aromatic nitrogens is 3. The van der Waals surface area contributed by atoms with Crippen LogP contribution in [0.4, 0.5) is 0 Å². The van der Waals surface area contributed by atoms with E-state index in [1.807, 2.05) is 0 Å². The first-order valence-electron chi connectivity index (χ1n) is 6.54. The largest absolute Gasteiger partial charge is 0.480 e. The molecule has 2 aromatic heterocycles. The Labute approximate surface area is 124 Å². The number of carboxylic acids is 1. The minimum Gasteiger partial charge on any atom is -0.480 e. The lowest BCUT2D eigenvalue weighted by molar-refractivity contribution is -0.144. The molecule has 2 N–H and O–H groups in total. The molecule has 0 unspecified atom stereocenters. The third-order valence-electron chi connectivity index (χ3n) is 3.63. The average molecular weight is 306 g/mol. The fourth-order valence-corrected chi connectivity index (χ4v) is 3.57. The molecule has 8 heteroatoms. The smallest absolute Gasteiger partial charge is 0.329 e. The van der Waals surface area contributed by atoms with Crippen molar-refractivity contribution in [2.75, 3.05) is 11.5 Å². The number of carbonyl (C=O) groups excluding carboxylic acids is 1. The second-order valence-electron chi connectivity index (χ2n) is 4.90. The van der Waals surface area contributed by atoms with Crippen molar-refractivity contribution in [1.29, 1.82) is 0 Å². The van der Waals surface area contributed by atoms with Gasteiger partial charge in [-0.1, -0.05) is 0 Å². The van der Waals surface area contributed by atoms with Gasteiger partial charge in [0.15, 0.2) is 5.65 Å². The third-order valence-corrected chi connectivity index (χ3v) is 4.62. The number of aliphatic carboxylic acids is 1. The molecule has 0 radical (unpaired) electrons. The second-order valence-corrected chi connectivity index (χ2v) is 6.12. The Morgan fingerprint density at radius 2 is 2.14 bits per heavy atom. The van der Waals surface area contributed by atoms with E-state index in [9.17, 15) is 14.7 Å². The van der Waals surface area contributed by atoms with Gasteiger partial charge in [-0.05, 0) is 30.4 Å². The summed E-state index contributed by atoms with van der Waals surface area (Å²) in [4.78, 5) is 28.1. The minimum absolute atomic E-state index is 0.287. The molecule has 1 aliphatic rings. The zero-order valence-electron chi connectivity index (χ0n) is 11.2. The highest BCUT2D eigenvalue weighted by atomic mass is 32.2. The van der Waals surface area contributed by atoms with Crippen LogP contribution in [0.5, 0.6) is 0 Å². The predicted octanol–water partition coefficient (Wildman–Crippen LogP) is 0.809. The van der Waals surface area contributed by atoms with E-state index in [0.29, 0.717) is 18.5 Å². The van der Waals surface area contributed by atoms with Crippen LogP contribution in [0.2, 0.25) is 0 Å². The first-order valence-corrected chi connectivity index (χ1v) is 7.70. The normalized spacial score (nSPS) is 17.5. The molecule has 1 saturated heterocycles. The molecule has 110 valence electrons. The minimum atomic E-state index is -1.19. The summed E-state index contributed by atoms with van der Waals surface area (Å²) in [5.41, 5.74) is -0.485. The molecule has 3 rings (SSSR count). The van der Waals surface area contributed by atoms with Crippen LogP contribution >= 0.6 is 11.8 Å². The van der Waals surface area contributed by atoms with Gasteiger partial charge < -0.3 is 10.4 Å². The molecular formula is C13H14N4O3S. The van der Waals surface area contributed by atoms with Gasteiger partial charge in [0.05, 0.1) is 6.20 Å². The van der Waals surface area contributed by atoms with Crippen LogP contribution in [0.25, 0.3) is 5.65 Å².